The number of unbranched alkanes of at least 4 members (excludes halogenated alkanes) is 1. The van der Waals surface area contributed by atoms with Crippen molar-refractivity contribution in [1.82, 2.24) is 4.98 Å². The molecule has 0 bridgehead atoms. The summed E-state index contributed by atoms with van der Waals surface area (Å²) in [6, 6.07) is 10.2. The van der Waals surface area contributed by atoms with Gasteiger partial charge in [0.1, 0.15) is 5.82 Å². The Morgan fingerprint density at radius 1 is 1.26 bits per heavy atom. The minimum absolute atomic E-state index is 0.601. The van der Waals surface area contributed by atoms with Crippen molar-refractivity contribution in [2.24, 2.45) is 0 Å². The van der Waals surface area contributed by atoms with E-state index in [1.165, 1.54) is 18.4 Å². The number of aromatic nitrogens is 1. The van der Waals surface area contributed by atoms with Gasteiger partial charge in [0.15, 0.2) is 0 Å². The predicted molar refractivity (Wildman–Crippen MR) is 85.3 cm³/mol. The highest BCUT2D eigenvalue weighted by Gasteiger charge is 2.03. The molecule has 0 aliphatic heterocycles. The maximum Gasteiger partial charge on any atom is 0.149 e. The van der Waals surface area contributed by atoms with Gasteiger partial charge < -0.3 is 5.32 Å². The molecular weight excluding hydrogens is 324 g/mol. The second-order valence-electron chi connectivity index (χ2n) is 4.41. The Morgan fingerprint density at radius 3 is 2.63 bits per heavy atom. The first-order chi connectivity index (χ1) is 9.19. The fourth-order valence-corrected chi connectivity index (χ4v) is 2.46. The number of benzene rings is 1. The molecule has 0 saturated carbocycles. The molecule has 2 rings (SSSR count). The number of hydrogen-bond acceptors (Lipinski definition) is 2. The van der Waals surface area contributed by atoms with E-state index >= 15 is 0 Å². The van der Waals surface area contributed by atoms with Crippen LogP contribution in [0.5, 0.6) is 0 Å². The lowest BCUT2D eigenvalue weighted by Gasteiger charge is -2.08. The average Bonchev–Trinajstić information content (AvgIpc) is 2.41. The van der Waals surface area contributed by atoms with Crippen molar-refractivity contribution in [3.8, 4) is 0 Å². The van der Waals surface area contributed by atoms with Crippen molar-refractivity contribution in [3.63, 3.8) is 0 Å². The Hall–Kier alpha value is -1.06. The van der Waals surface area contributed by atoms with Gasteiger partial charge in [0.2, 0.25) is 0 Å². The van der Waals surface area contributed by atoms with Gasteiger partial charge in [-0.25, -0.2) is 4.98 Å². The molecule has 1 N–H and O–H groups in total. The summed E-state index contributed by atoms with van der Waals surface area (Å²) in [7, 11) is 0. The van der Waals surface area contributed by atoms with Gasteiger partial charge in [0, 0.05) is 16.4 Å². The van der Waals surface area contributed by atoms with E-state index in [4.69, 9.17) is 11.6 Å². The van der Waals surface area contributed by atoms with Crippen LogP contribution >= 0.6 is 27.5 Å². The molecule has 19 heavy (non-hydrogen) atoms. The zero-order valence-electron chi connectivity index (χ0n) is 10.8. The van der Waals surface area contributed by atoms with Crippen LogP contribution in [0.15, 0.2) is 41.0 Å². The SMILES string of the molecule is CCCCc1ccc(Nc2ncc(Br)cc2Cl)cc1. The van der Waals surface area contributed by atoms with Crippen molar-refractivity contribution in [1.29, 1.82) is 0 Å². The van der Waals surface area contributed by atoms with E-state index in [9.17, 15) is 0 Å². The molecule has 0 aliphatic rings. The molecule has 0 aliphatic carbocycles. The summed E-state index contributed by atoms with van der Waals surface area (Å²) in [6.45, 7) is 2.21. The minimum atomic E-state index is 0.601. The maximum atomic E-state index is 6.12. The zero-order chi connectivity index (χ0) is 13.7. The summed E-state index contributed by atoms with van der Waals surface area (Å²) in [5, 5.41) is 3.82. The highest BCUT2D eigenvalue weighted by Crippen LogP contribution is 2.26. The van der Waals surface area contributed by atoms with E-state index in [0.717, 1.165) is 16.6 Å². The Labute approximate surface area is 127 Å². The molecule has 1 aromatic carbocycles. The number of anilines is 2. The van der Waals surface area contributed by atoms with Crippen LogP contribution in [0.2, 0.25) is 5.02 Å². The lowest BCUT2D eigenvalue weighted by atomic mass is 10.1. The van der Waals surface area contributed by atoms with Crippen LogP contribution in [0.1, 0.15) is 25.3 Å². The average molecular weight is 340 g/mol. The summed E-state index contributed by atoms with van der Waals surface area (Å²) in [5.41, 5.74) is 2.36. The molecule has 0 atom stereocenters. The van der Waals surface area contributed by atoms with Crippen LogP contribution < -0.4 is 5.32 Å². The summed E-state index contributed by atoms with van der Waals surface area (Å²) in [5.74, 6) is 0.672. The second kappa shape index (κ2) is 6.92. The topological polar surface area (TPSA) is 24.9 Å². The third-order valence-corrected chi connectivity index (χ3v) is 3.57. The van der Waals surface area contributed by atoms with E-state index in [1.54, 1.807) is 6.20 Å². The van der Waals surface area contributed by atoms with Gasteiger partial charge in [-0.15, -0.1) is 0 Å². The van der Waals surface area contributed by atoms with Crippen LogP contribution in [0.3, 0.4) is 0 Å². The molecule has 100 valence electrons. The van der Waals surface area contributed by atoms with Gasteiger partial charge in [0.25, 0.3) is 0 Å². The van der Waals surface area contributed by atoms with Crippen molar-refractivity contribution in [3.05, 3.63) is 51.6 Å². The summed E-state index contributed by atoms with van der Waals surface area (Å²) in [4.78, 5) is 4.26. The zero-order valence-corrected chi connectivity index (χ0v) is 13.1. The Balaban J connectivity index is 2.06. The second-order valence-corrected chi connectivity index (χ2v) is 5.73. The van der Waals surface area contributed by atoms with Gasteiger partial charge in [0.05, 0.1) is 5.02 Å². The van der Waals surface area contributed by atoms with E-state index in [0.29, 0.717) is 10.8 Å². The first kappa shape index (κ1) is 14.4. The fourth-order valence-electron chi connectivity index (χ4n) is 1.78. The van der Waals surface area contributed by atoms with Gasteiger partial charge in [-0.2, -0.15) is 0 Å². The van der Waals surface area contributed by atoms with Gasteiger partial charge in [-0.05, 0) is 52.5 Å². The number of nitrogens with zero attached hydrogens (tertiary/aromatic N) is 1. The first-order valence-electron chi connectivity index (χ1n) is 6.36. The number of pyridine rings is 1. The van der Waals surface area contributed by atoms with E-state index < -0.39 is 0 Å². The van der Waals surface area contributed by atoms with Crippen molar-refractivity contribution >= 4 is 39.0 Å². The highest BCUT2D eigenvalue weighted by molar-refractivity contribution is 9.10. The molecule has 1 heterocycles. The largest absolute Gasteiger partial charge is 0.339 e. The smallest absolute Gasteiger partial charge is 0.149 e. The van der Waals surface area contributed by atoms with Crippen LogP contribution in [0, 0.1) is 0 Å². The number of nitrogens with one attached hydrogen (secondary N) is 1. The van der Waals surface area contributed by atoms with Crippen molar-refractivity contribution in [2.75, 3.05) is 5.32 Å². The van der Waals surface area contributed by atoms with Crippen LogP contribution in [-0.4, -0.2) is 4.98 Å². The Bertz CT molecular complexity index is 540. The monoisotopic (exact) mass is 338 g/mol. The van der Waals surface area contributed by atoms with Crippen LogP contribution in [0.25, 0.3) is 0 Å². The summed E-state index contributed by atoms with van der Waals surface area (Å²) < 4.78 is 0.873. The molecule has 0 radical (unpaired) electrons. The standard InChI is InChI=1S/C15H16BrClN2/c1-2-3-4-11-5-7-13(8-6-11)19-15-14(17)9-12(16)10-18-15/h5-10H,2-4H2,1H3,(H,18,19). The third kappa shape index (κ3) is 4.22. The van der Waals surface area contributed by atoms with Gasteiger partial charge in [-0.1, -0.05) is 37.1 Å². The molecule has 2 nitrogen and oxygen atoms in total. The van der Waals surface area contributed by atoms with E-state index in [2.05, 4.69) is 57.4 Å². The van der Waals surface area contributed by atoms with E-state index in [-0.39, 0.29) is 0 Å². The van der Waals surface area contributed by atoms with Gasteiger partial charge in [-0.3, -0.25) is 0 Å². The normalized spacial score (nSPS) is 10.5. The quantitative estimate of drug-likeness (QED) is 0.768. The molecule has 2 aromatic rings. The van der Waals surface area contributed by atoms with Crippen molar-refractivity contribution < 1.29 is 0 Å². The Kier molecular flexibility index (Phi) is 5.23. The lowest BCUT2D eigenvalue weighted by molar-refractivity contribution is 0.795. The molecular formula is C15H16BrClN2. The van der Waals surface area contributed by atoms with Crippen molar-refractivity contribution in [2.45, 2.75) is 26.2 Å². The lowest BCUT2D eigenvalue weighted by Crippen LogP contribution is -1.95. The number of rotatable bonds is 5. The van der Waals surface area contributed by atoms with Gasteiger partial charge >= 0.3 is 0 Å². The first-order valence-corrected chi connectivity index (χ1v) is 7.53. The molecule has 0 saturated heterocycles. The fraction of sp³-hybridized carbons (Fsp3) is 0.267. The molecule has 4 heteroatoms. The number of aryl methyl sites for hydroxylation is 1. The maximum absolute atomic E-state index is 6.12. The molecule has 0 unspecified atom stereocenters. The highest BCUT2D eigenvalue weighted by atomic mass is 79.9. The molecule has 0 amide bonds. The molecule has 0 fully saturated rings. The van der Waals surface area contributed by atoms with E-state index in [1.807, 2.05) is 6.07 Å². The molecule has 1 aromatic heterocycles. The summed E-state index contributed by atoms with van der Waals surface area (Å²) >= 11 is 9.46. The van der Waals surface area contributed by atoms with Crippen LogP contribution in [0.4, 0.5) is 11.5 Å². The third-order valence-electron chi connectivity index (χ3n) is 2.84. The summed E-state index contributed by atoms with van der Waals surface area (Å²) in [6.07, 6.45) is 5.31. The minimum Gasteiger partial charge on any atom is -0.339 e. The predicted octanol–water partition coefficient (Wildman–Crippen LogP) is 5.58. The number of halogens is 2. The number of hydrogen-bond donors (Lipinski definition) is 1. The Morgan fingerprint density at radius 2 is 2.00 bits per heavy atom. The van der Waals surface area contributed by atoms with Crippen LogP contribution in [-0.2, 0) is 6.42 Å². The molecule has 0 spiro atoms.